The molecule has 0 atom stereocenters. The molecule has 0 aliphatic carbocycles. The molecule has 58 heavy (non-hydrogen) atoms. The van der Waals surface area contributed by atoms with Gasteiger partial charge in [0, 0.05) is 47.5 Å². The molecule has 3 aromatic heterocycles. The Balaban J connectivity index is 0.000000233. The number of benzene rings is 6. The number of aromatic nitrogens is 2. The predicted molar refractivity (Wildman–Crippen MR) is 245 cm³/mol. The Kier molecular flexibility index (Phi) is 10.3. The molecule has 293 valence electrons. The van der Waals surface area contributed by atoms with E-state index in [1.165, 1.54) is 16.0 Å². The van der Waals surface area contributed by atoms with Gasteiger partial charge in [0.1, 0.15) is 5.58 Å². The number of pyridine rings is 2. The Hall–Kier alpha value is -5.19. The molecule has 0 aliphatic heterocycles. The van der Waals surface area contributed by atoms with Crippen molar-refractivity contribution in [3.8, 4) is 33.6 Å². The molecule has 0 saturated heterocycles. The number of fused-ring (bicyclic) bond motifs is 6. The minimum atomic E-state index is -1.74. The summed E-state index contributed by atoms with van der Waals surface area (Å²) in [6.45, 7) is 16.4. The van der Waals surface area contributed by atoms with Crippen LogP contribution in [0.3, 0.4) is 0 Å². The number of hydrogen-bond donors (Lipinski definition) is 0. The SMILES string of the molecule is [2H]C(C)(C)c1cc(-c2[c-]cccc2)ncc1[Si](C)(C)C.[2H]c1nc(-c2[c-]ccc3c2oc2cc4c(ccc5ccccc54)cc23)cc(C([2H])([2H])C(C)(C)C)c1-c1ccccc1.[Ir]. The van der Waals surface area contributed by atoms with E-state index in [0.29, 0.717) is 28.0 Å². The topological polar surface area (TPSA) is 38.9 Å². The molecule has 3 heterocycles. The molecule has 9 aromatic rings. The average molecular weight is 955 g/mol. The van der Waals surface area contributed by atoms with E-state index in [1.54, 1.807) is 6.07 Å². The molecular weight excluding hydrogens is 901 g/mol. The number of hydrogen-bond acceptors (Lipinski definition) is 3. The number of nitrogens with zero attached hydrogens (tertiary/aromatic N) is 2. The zero-order chi connectivity index (χ0) is 43.5. The van der Waals surface area contributed by atoms with E-state index in [1.807, 2.05) is 114 Å². The molecule has 0 bridgehead atoms. The molecule has 0 spiro atoms. The van der Waals surface area contributed by atoms with Crippen molar-refractivity contribution in [2.75, 3.05) is 0 Å². The summed E-state index contributed by atoms with van der Waals surface area (Å²) < 4.78 is 42.3. The van der Waals surface area contributed by atoms with Gasteiger partial charge in [-0.1, -0.05) is 150 Å². The first-order valence-corrected chi connectivity index (χ1v) is 23.1. The van der Waals surface area contributed by atoms with Crippen LogP contribution in [0.2, 0.25) is 19.6 Å². The summed E-state index contributed by atoms with van der Waals surface area (Å²) in [5.41, 5.74) is 6.45. The number of rotatable bonds is 6. The molecule has 9 rings (SSSR count). The van der Waals surface area contributed by atoms with Gasteiger partial charge in [-0.3, -0.25) is 0 Å². The maximum atomic E-state index is 9.19. The predicted octanol–water partition coefficient (Wildman–Crippen LogP) is 14.2. The van der Waals surface area contributed by atoms with Crippen molar-refractivity contribution in [3.05, 3.63) is 163 Å². The number of furan rings is 1. The second-order valence-corrected chi connectivity index (χ2v) is 22.0. The summed E-state index contributed by atoms with van der Waals surface area (Å²) in [4.78, 5) is 9.31. The first kappa shape index (κ1) is 35.9. The molecule has 0 amide bonds. The van der Waals surface area contributed by atoms with Gasteiger partial charge >= 0.3 is 0 Å². The fraction of sp³-hybridized carbons (Fsp3) is 0.208. The van der Waals surface area contributed by atoms with E-state index < -0.39 is 25.8 Å². The third-order valence-corrected chi connectivity index (χ3v) is 12.2. The van der Waals surface area contributed by atoms with Gasteiger partial charge in [0.25, 0.3) is 0 Å². The monoisotopic (exact) mass is 955 g/mol. The third kappa shape index (κ3) is 8.49. The van der Waals surface area contributed by atoms with Crippen LogP contribution >= 0.6 is 0 Å². The van der Waals surface area contributed by atoms with Crippen molar-refractivity contribution in [3.63, 3.8) is 0 Å². The van der Waals surface area contributed by atoms with Gasteiger partial charge in [0.05, 0.1) is 15.0 Å². The van der Waals surface area contributed by atoms with Crippen LogP contribution in [0.25, 0.3) is 77.1 Å². The van der Waals surface area contributed by atoms with Gasteiger partial charge in [-0.25, -0.2) is 0 Å². The van der Waals surface area contributed by atoms with Gasteiger partial charge in [-0.2, -0.15) is 0 Å². The quantitative estimate of drug-likeness (QED) is 0.0947. The van der Waals surface area contributed by atoms with Crippen LogP contribution in [0.15, 0.2) is 144 Å². The van der Waals surface area contributed by atoms with Gasteiger partial charge in [-0.05, 0) is 79.1 Å². The van der Waals surface area contributed by atoms with Gasteiger partial charge in [0.2, 0.25) is 0 Å². The Morgan fingerprint density at radius 1 is 0.741 bits per heavy atom. The zero-order valence-electron chi connectivity index (χ0n) is 38.3. The van der Waals surface area contributed by atoms with Gasteiger partial charge in [-0.15, -0.1) is 54.1 Å². The molecule has 0 fully saturated rings. The Labute approximate surface area is 363 Å². The second kappa shape index (κ2) is 16.6. The fourth-order valence-electron chi connectivity index (χ4n) is 7.47. The van der Waals surface area contributed by atoms with Crippen LogP contribution in [0.5, 0.6) is 0 Å². The maximum Gasteiger partial charge on any atom is 0.121 e. The summed E-state index contributed by atoms with van der Waals surface area (Å²) in [6.07, 6.45) is 0.260. The minimum absolute atomic E-state index is 0. The third-order valence-electron chi connectivity index (χ3n) is 10.2. The zero-order valence-corrected chi connectivity index (χ0v) is 37.7. The largest absolute Gasteiger partial charge is 0.501 e. The molecule has 3 nitrogen and oxygen atoms in total. The van der Waals surface area contributed by atoms with Crippen LogP contribution in [0.1, 0.15) is 57.1 Å². The van der Waals surface area contributed by atoms with Crippen molar-refractivity contribution in [1.82, 2.24) is 9.97 Å². The normalized spacial score (nSPS) is 13.3. The Morgan fingerprint density at radius 2 is 1.48 bits per heavy atom. The van der Waals surface area contributed by atoms with E-state index in [4.69, 9.17) is 12.1 Å². The molecule has 0 N–H and O–H groups in total. The van der Waals surface area contributed by atoms with Crippen LogP contribution < -0.4 is 5.19 Å². The molecular formula is C53H50IrN2OSi-2. The first-order valence-electron chi connectivity index (χ1n) is 21.6. The smallest absolute Gasteiger partial charge is 0.121 e. The summed E-state index contributed by atoms with van der Waals surface area (Å²) in [5, 5.41) is 7.81. The van der Waals surface area contributed by atoms with Crippen molar-refractivity contribution >= 4 is 56.7 Å². The van der Waals surface area contributed by atoms with E-state index in [-0.39, 0.29) is 26.3 Å². The van der Waals surface area contributed by atoms with Crippen molar-refractivity contribution in [2.45, 2.75) is 66.5 Å². The van der Waals surface area contributed by atoms with E-state index in [2.05, 4.69) is 85.3 Å². The molecule has 0 aliphatic rings. The summed E-state index contributed by atoms with van der Waals surface area (Å²) in [7, 11) is -1.50. The average Bonchev–Trinajstić information content (AvgIpc) is 3.60. The minimum Gasteiger partial charge on any atom is -0.501 e. The van der Waals surface area contributed by atoms with Crippen LogP contribution in [-0.2, 0) is 26.5 Å². The second-order valence-electron chi connectivity index (χ2n) is 17.0. The molecule has 6 aromatic carbocycles. The Morgan fingerprint density at radius 3 is 2.21 bits per heavy atom. The van der Waals surface area contributed by atoms with E-state index in [0.717, 1.165) is 49.5 Å². The van der Waals surface area contributed by atoms with Crippen molar-refractivity contribution < 1.29 is 30.0 Å². The summed E-state index contributed by atoms with van der Waals surface area (Å²) in [6, 6.07) is 48.5. The molecule has 0 saturated carbocycles. The van der Waals surface area contributed by atoms with Crippen LogP contribution in [0, 0.1) is 17.5 Å². The van der Waals surface area contributed by atoms with E-state index in [9.17, 15) is 2.74 Å². The fourth-order valence-corrected chi connectivity index (χ4v) is 9.05. The molecule has 1 radical (unpaired) electrons. The molecule has 0 unspecified atom stereocenters. The van der Waals surface area contributed by atoms with Gasteiger partial charge in [0.15, 0.2) is 0 Å². The van der Waals surface area contributed by atoms with Gasteiger partial charge < -0.3 is 14.4 Å². The van der Waals surface area contributed by atoms with Crippen molar-refractivity contribution in [1.29, 1.82) is 0 Å². The van der Waals surface area contributed by atoms with E-state index >= 15 is 0 Å². The summed E-state index contributed by atoms with van der Waals surface area (Å²) >= 11 is 0. The summed E-state index contributed by atoms with van der Waals surface area (Å²) in [5.74, 6) is -0.609. The van der Waals surface area contributed by atoms with Crippen molar-refractivity contribution in [2.24, 2.45) is 5.41 Å². The Bertz CT molecular complexity index is 3080. The van der Waals surface area contributed by atoms with Crippen LogP contribution in [-0.4, -0.2) is 18.0 Å². The maximum absolute atomic E-state index is 9.19. The van der Waals surface area contributed by atoms with Crippen LogP contribution in [0.4, 0.5) is 0 Å². The standard InChI is InChI=1S/C36H28NO.C17H22NSi.Ir/c1-36(2,3)21-26-19-33(37-22-32(26)23-10-5-4-6-11-23)29-15-9-14-28-31-18-25-17-16-24-12-7-8-13-27(24)30(25)20-34(31)38-35(28)29;1-13(2)15-11-16(14-9-7-6-8-10-14)18-12-17(15)19(3,4)5;/h4-14,16-20,22H,21H2,1-3H3;6-9,11-13H,1-5H3;/q2*-1;/i21D2,22D;13D;. The first-order chi connectivity index (χ1) is 28.8. The molecule has 5 heteroatoms.